The van der Waals surface area contributed by atoms with Gasteiger partial charge >= 0.3 is 0 Å². The zero-order chi connectivity index (χ0) is 18.7. The van der Waals surface area contributed by atoms with Gasteiger partial charge in [-0.05, 0) is 51.2 Å². The van der Waals surface area contributed by atoms with Crippen molar-refractivity contribution in [2.75, 3.05) is 14.2 Å². The minimum Gasteiger partial charge on any atom is -0.496 e. The van der Waals surface area contributed by atoms with Crippen LogP contribution in [0.2, 0.25) is 5.02 Å². The average Bonchev–Trinajstić information content (AvgIpc) is 3.11. The molecule has 1 aromatic heterocycles. The van der Waals surface area contributed by atoms with Gasteiger partial charge in [-0.1, -0.05) is 29.3 Å². The number of nitrogens with zero attached hydrogens (tertiary/aromatic N) is 3. The molecule has 0 unspecified atom stereocenters. The molecule has 0 amide bonds. The van der Waals surface area contributed by atoms with E-state index in [9.17, 15) is 0 Å². The molecule has 0 saturated heterocycles. The van der Waals surface area contributed by atoms with Crippen molar-refractivity contribution in [3.05, 3.63) is 64.5 Å². The highest BCUT2D eigenvalue weighted by atomic mass is 35.5. The zero-order valence-corrected chi connectivity index (χ0v) is 16.1. The summed E-state index contributed by atoms with van der Waals surface area (Å²) >= 11 is 6.12. The predicted octanol–water partition coefficient (Wildman–Crippen LogP) is 4.90. The lowest BCUT2D eigenvalue weighted by molar-refractivity contribution is 0.215. The minimum atomic E-state index is -0.0512. The van der Waals surface area contributed by atoms with Crippen molar-refractivity contribution >= 4 is 11.6 Å². The van der Waals surface area contributed by atoms with Gasteiger partial charge in [-0.15, -0.1) is 10.2 Å². The zero-order valence-electron chi connectivity index (χ0n) is 15.4. The molecule has 0 aliphatic rings. The summed E-state index contributed by atoms with van der Waals surface area (Å²) in [6, 6.07) is 13.6. The number of aromatic nitrogens is 2. The number of benzene rings is 2. The molecule has 3 rings (SSSR count). The van der Waals surface area contributed by atoms with Gasteiger partial charge in [-0.3, -0.25) is 4.90 Å². The first-order valence-electron chi connectivity index (χ1n) is 8.41. The summed E-state index contributed by atoms with van der Waals surface area (Å²) < 4.78 is 11.3. The summed E-state index contributed by atoms with van der Waals surface area (Å²) in [7, 11) is 3.66. The van der Waals surface area contributed by atoms with E-state index in [-0.39, 0.29) is 6.04 Å². The molecule has 0 fully saturated rings. The van der Waals surface area contributed by atoms with Crippen molar-refractivity contribution < 1.29 is 9.15 Å². The lowest BCUT2D eigenvalue weighted by Crippen LogP contribution is -2.22. The average molecular weight is 372 g/mol. The molecular weight excluding hydrogens is 350 g/mol. The summed E-state index contributed by atoms with van der Waals surface area (Å²) in [5.74, 6) is 1.91. The normalized spacial score (nSPS) is 12.4. The summed E-state index contributed by atoms with van der Waals surface area (Å²) in [5.41, 5.74) is 3.09. The monoisotopic (exact) mass is 371 g/mol. The van der Waals surface area contributed by atoms with Crippen LogP contribution in [0.4, 0.5) is 0 Å². The Bertz CT molecular complexity index is 894. The van der Waals surface area contributed by atoms with E-state index in [0.717, 1.165) is 22.4 Å². The van der Waals surface area contributed by atoms with Crippen molar-refractivity contribution in [3.63, 3.8) is 0 Å². The van der Waals surface area contributed by atoms with Gasteiger partial charge in [-0.25, -0.2) is 0 Å². The fraction of sp³-hybridized carbons (Fsp3) is 0.300. The quantitative estimate of drug-likeness (QED) is 0.616. The molecule has 3 aromatic rings. The van der Waals surface area contributed by atoms with Crippen molar-refractivity contribution in [2.24, 2.45) is 0 Å². The molecular formula is C20H22ClN3O2. The fourth-order valence-corrected chi connectivity index (χ4v) is 2.96. The van der Waals surface area contributed by atoms with E-state index in [1.807, 2.05) is 63.4 Å². The van der Waals surface area contributed by atoms with E-state index in [2.05, 4.69) is 15.1 Å². The Labute approximate surface area is 158 Å². The number of hydrogen-bond acceptors (Lipinski definition) is 5. The molecule has 0 aliphatic carbocycles. The van der Waals surface area contributed by atoms with Crippen LogP contribution in [-0.4, -0.2) is 29.3 Å². The molecule has 0 N–H and O–H groups in total. The molecule has 0 radical (unpaired) electrons. The Hall–Kier alpha value is -2.37. The molecule has 136 valence electrons. The molecule has 0 saturated carbocycles. The third kappa shape index (κ3) is 4.06. The maximum atomic E-state index is 6.12. The Balaban J connectivity index is 1.77. The smallest absolute Gasteiger partial charge is 0.247 e. The Morgan fingerprint density at radius 1 is 1.19 bits per heavy atom. The van der Waals surface area contributed by atoms with E-state index >= 15 is 0 Å². The molecule has 0 bridgehead atoms. The number of methoxy groups -OCH3 is 1. The van der Waals surface area contributed by atoms with Gasteiger partial charge in [0.25, 0.3) is 0 Å². The van der Waals surface area contributed by atoms with Crippen molar-refractivity contribution in [1.82, 2.24) is 15.1 Å². The van der Waals surface area contributed by atoms with Crippen LogP contribution < -0.4 is 4.74 Å². The number of halogens is 1. The molecule has 26 heavy (non-hydrogen) atoms. The second-order valence-electron chi connectivity index (χ2n) is 6.36. The highest BCUT2D eigenvalue weighted by molar-refractivity contribution is 6.30. The first-order valence-corrected chi connectivity index (χ1v) is 8.79. The lowest BCUT2D eigenvalue weighted by Gasteiger charge is -2.22. The number of aryl methyl sites for hydroxylation is 1. The standard InChI is InChI=1S/C20H22ClN3O2/c1-13-6-5-7-15(10-13)20-23-22-19(26-20)14(2)24(3)12-16-11-17(21)8-9-18(16)25-4/h5-11,14H,12H2,1-4H3/t14-/m0/s1. The van der Waals surface area contributed by atoms with Crippen LogP contribution >= 0.6 is 11.6 Å². The van der Waals surface area contributed by atoms with Gasteiger partial charge in [0.15, 0.2) is 0 Å². The fourth-order valence-electron chi connectivity index (χ4n) is 2.76. The van der Waals surface area contributed by atoms with E-state index in [0.29, 0.717) is 23.3 Å². The molecule has 5 nitrogen and oxygen atoms in total. The van der Waals surface area contributed by atoms with Gasteiger partial charge in [-0.2, -0.15) is 0 Å². The topological polar surface area (TPSA) is 51.4 Å². The van der Waals surface area contributed by atoms with Gasteiger partial charge in [0.1, 0.15) is 5.75 Å². The molecule has 1 atom stereocenters. The van der Waals surface area contributed by atoms with Crippen LogP contribution in [-0.2, 0) is 6.54 Å². The van der Waals surface area contributed by atoms with E-state index in [1.54, 1.807) is 7.11 Å². The SMILES string of the molecule is COc1ccc(Cl)cc1CN(C)[C@@H](C)c1nnc(-c2cccc(C)c2)o1. The minimum absolute atomic E-state index is 0.0512. The molecule has 0 spiro atoms. The van der Waals surface area contributed by atoms with Crippen molar-refractivity contribution in [2.45, 2.75) is 26.4 Å². The Morgan fingerprint density at radius 2 is 2.00 bits per heavy atom. The third-order valence-corrected chi connectivity index (χ3v) is 4.62. The highest BCUT2D eigenvalue weighted by Gasteiger charge is 2.20. The van der Waals surface area contributed by atoms with E-state index in [4.69, 9.17) is 20.8 Å². The van der Waals surface area contributed by atoms with Crippen molar-refractivity contribution in [1.29, 1.82) is 0 Å². The second kappa shape index (κ2) is 7.89. The Morgan fingerprint density at radius 3 is 2.73 bits per heavy atom. The second-order valence-corrected chi connectivity index (χ2v) is 6.80. The van der Waals surface area contributed by atoms with Gasteiger partial charge in [0.05, 0.1) is 13.2 Å². The van der Waals surface area contributed by atoms with Crippen LogP contribution in [0.15, 0.2) is 46.9 Å². The van der Waals surface area contributed by atoms with Gasteiger partial charge in [0, 0.05) is 22.7 Å². The summed E-state index contributed by atoms with van der Waals surface area (Å²) in [6.45, 7) is 4.72. The molecule has 2 aromatic carbocycles. The summed E-state index contributed by atoms with van der Waals surface area (Å²) in [5, 5.41) is 9.11. The lowest BCUT2D eigenvalue weighted by atomic mass is 10.1. The van der Waals surface area contributed by atoms with Crippen LogP contribution in [0.3, 0.4) is 0 Å². The summed E-state index contributed by atoms with van der Waals surface area (Å²) in [6.07, 6.45) is 0. The van der Waals surface area contributed by atoms with Crippen LogP contribution in [0.1, 0.15) is 30.0 Å². The van der Waals surface area contributed by atoms with E-state index < -0.39 is 0 Å². The van der Waals surface area contributed by atoms with Crippen LogP contribution in [0.25, 0.3) is 11.5 Å². The van der Waals surface area contributed by atoms with Crippen LogP contribution in [0, 0.1) is 6.92 Å². The summed E-state index contributed by atoms with van der Waals surface area (Å²) in [4.78, 5) is 2.11. The molecule has 6 heteroatoms. The Kier molecular flexibility index (Phi) is 5.59. The number of rotatable bonds is 6. The number of hydrogen-bond donors (Lipinski definition) is 0. The maximum absolute atomic E-state index is 6.12. The molecule has 1 heterocycles. The highest BCUT2D eigenvalue weighted by Crippen LogP contribution is 2.28. The van der Waals surface area contributed by atoms with Gasteiger partial charge < -0.3 is 9.15 Å². The molecule has 0 aliphatic heterocycles. The van der Waals surface area contributed by atoms with E-state index in [1.165, 1.54) is 0 Å². The maximum Gasteiger partial charge on any atom is 0.247 e. The first kappa shape index (κ1) is 18.4. The largest absolute Gasteiger partial charge is 0.496 e. The predicted molar refractivity (Wildman–Crippen MR) is 102 cm³/mol. The van der Waals surface area contributed by atoms with Crippen LogP contribution in [0.5, 0.6) is 5.75 Å². The van der Waals surface area contributed by atoms with Crippen molar-refractivity contribution in [3.8, 4) is 17.2 Å². The third-order valence-electron chi connectivity index (χ3n) is 4.39. The first-order chi connectivity index (χ1) is 12.5. The number of ether oxygens (including phenoxy) is 1. The van der Waals surface area contributed by atoms with Gasteiger partial charge in [0.2, 0.25) is 11.8 Å².